The predicted octanol–water partition coefficient (Wildman–Crippen LogP) is 4.45. The summed E-state index contributed by atoms with van der Waals surface area (Å²) in [6.45, 7) is 2.12. The van der Waals surface area contributed by atoms with E-state index in [-0.39, 0.29) is 28.6 Å². The van der Waals surface area contributed by atoms with Gasteiger partial charge in [0.15, 0.2) is 0 Å². The van der Waals surface area contributed by atoms with E-state index >= 15 is 0 Å². The molecular weight excluding hydrogens is 418 g/mol. The second-order valence-electron chi connectivity index (χ2n) is 6.39. The zero-order valence-electron chi connectivity index (χ0n) is 14.7. The molecule has 0 fully saturated rings. The second kappa shape index (κ2) is 8.08. The Labute approximate surface area is 164 Å². The topological polar surface area (TPSA) is 57.2 Å². The van der Waals surface area contributed by atoms with Crippen molar-refractivity contribution in [3.63, 3.8) is 0 Å². The van der Waals surface area contributed by atoms with E-state index in [2.05, 4.69) is 15.9 Å². The van der Waals surface area contributed by atoms with Gasteiger partial charge < -0.3 is 15.0 Å². The minimum absolute atomic E-state index is 0.0749. The van der Waals surface area contributed by atoms with Crippen LogP contribution in [0.4, 0.5) is 14.5 Å². The quantitative estimate of drug-likeness (QED) is 0.704. The minimum atomic E-state index is -1.31. The minimum Gasteiger partial charge on any atom is -0.487 e. The molecule has 7 heteroatoms. The lowest BCUT2D eigenvalue weighted by Gasteiger charge is -2.16. The van der Waals surface area contributed by atoms with Crippen LogP contribution in [0.3, 0.4) is 0 Å². The maximum absolute atomic E-state index is 13.8. The molecule has 1 unspecified atom stereocenters. The van der Waals surface area contributed by atoms with Crippen LogP contribution >= 0.6 is 15.9 Å². The Morgan fingerprint density at radius 3 is 2.70 bits per heavy atom. The van der Waals surface area contributed by atoms with E-state index in [9.17, 15) is 13.6 Å². The van der Waals surface area contributed by atoms with Crippen molar-refractivity contribution in [2.24, 2.45) is 0 Å². The standard InChI is InChI=1S/C20H19BrF2N2O2/c1-12-8-18(27-11-14-4-5-15(22)9-17(14)23)19(21)20(26)25(12)10-13-2-6-16(24)7-3-13/h2-8,15H,9-11,24H2,1H3. The second-order valence-corrected chi connectivity index (χ2v) is 7.19. The van der Waals surface area contributed by atoms with Crippen molar-refractivity contribution in [3.8, 4) is 5.75 Å². The van der Waals surface area contributed by atoms with Crippen LogP contribution in [0.15, 0.2) is 63.2 Å². The molecule has 0 radical (unpaired) electrons. The molecule has 3 rings (SSSR count). The SMILES string of the molecule is Cc1cc(OCC2=C(F)CC(F)C=C2)c(Br)c(=O)n1Cc1ccc(N)cc1. The molecule has 1 aromatic carbocycles. The monoisotopic (exact) mass is 436 g/mol. The highest BCUT2D eigenvalue weighted by Crippen LogP contribution is 2.26. The molecule has 0 amide bonds. The number of anilines is 1. The number of halogens is 3. The van der Waals surface area contributed by atoms with Crippen molar-refractivity contribution in [2.75, 3.05) is 12.3 Å². The van der Waals surface area contributed by atoms with Crippen molar-refractivity contribution >= 4 is 21.6 Å². The van der Waals surface area contributed by atoms with Gasteiger partial charge in [-0.15, -0.1) is 0 Å². The Morgan fingerprint density at radius 1 is 1.33 bits per heavy atom. The number of pyridine rings is 1. The lowest BCUT2D eigenvalue weighted by molar-refractivity contribution is 0.330. The number of nitrogens with zero attached hydrogens (tertiary/aromatic N) is 1. The van der Waals surface area contributed by atoms with E-state index < -0.39 is 12.0 Å². The molecule has 142 valence electrons. The Morgan fingerprint density at radius 2 is 2.04 bits per heavy atom. The number of alkyl halides is 1. The number of aromatic nitrogens is 1. The number of rotatable bonds is 5. The molecule has 1 aliphatic carbocycles. The van der Waals surface area contributed by atoms with Crippen LogP contribution in [-0.4, -0.2) is 17.3 Å². The molecule has 0 saturated heterocycles. The molecule has 0 spiro atoms. The summed E-state index contributed by atoms with van der Waals surface area (Å²) in [5.74, 6) is -0.211. The van der Waals surface area contributed by atoms with Gasteiger partial charge in [0, 0.05) is 29.4 Å². The highest BCUT2D eigenvalue weighted by molar-refractivity contribution is 9.10. The van der Waals surface area contributed by atoms with Crippen LogP contribution in [0, 0.1) is 6.92 Å². The molecule has 1 aromatic heterocycles. The third-order valence-electron chi connectivity index (χ3n) is 4.35. The van der Waals surface area contributed by atoms with E-state index in [0.29, 0.717) is 23.7 Å². The van der Waals surface area contributed by atoms with Gasteiger partial charge in [0.05, 0.1) is 6.54 Å². The van der Waals surface area contributed by atoms with E-state index in [4.69, 9.17) is 10.5 Å². The van der Waals surface area contributed by atoms with Crippen LogP contribution < -0.4 is 16.0 Å². The maximum atomic E-state index is 13.8. The number of hydrogen-bond donors (Lipinski definition) is 1. The number of allylic oxidation sites excluding steroid dienone is 2. The van der Waals surface area contributed by atoms with Crippen LogP contribution in [-0.2, 0) is 6.54 Å². The Balaban J connectivity index is 1.80. The number of benzene rings is 1. The van der Waals surface area contributed by atoms with Crippen LogP contribution in [0.5, 0.6) is 5.75 Å². The molecule has 0 saturated carbocycles. The van der Waals surface area contributed by atoms with Gasteiger partial charge in [0.2, 0.25) is 0 Å². The van der Waals surface area contributed by atoms with Crippen LogP contribution in [0.25, 0.3) is 0 Å². The van der Waals surface area contributed by atoms with Crippen molar-refractivity contribution in [3.05, 3.63) is 80.0 Å². The molecule has 2 aromatic rings. The summed E-state index contributed by atoms with van der Waals surface area (Å²) in [4.78, 5) is 12.7. The van der Waals surface area contributed by atoms with Gasteiger partial charge in [0.1, 0.15) is 28.8 Å². The van der Waals surface area contributed by atoms with Gasteiger partial charge in [-0.25, -0.2) is 8.78 Å². The first-order valence-electron chi connectivity index (χ1n) is 8.42. The van der Waals surface area contributed by atoms with E-state index in [1.165, 1.54) is 12.2 Å². The lowest BCUT2D eigenvalue weighted by Crippen LogP contribution is -2.24. The van der Waals surface area contributed by atoms with E-state index in [1.807, 2.05) is 12.1 Å². The summed E-state index contributed by atoms with van der Waals surface area (Å²) < 4.78 is 34.4. The number of aryl methyl sites for hydroxylation is 1. The third-order valence-corrected chi connectivity index (χ3v) is 5.08. The van der Waals surface area contributed by atoms with Gasteiger partial charge in [-0.3, -0.25) is 4.79 Å². The molecule has 1 aliphatic rings. The van der Waals surface area contributed by atoms with Gasteiger partial charge in [-0.05, 0) is 46.6 Å². The Bertz CT molecular complexity index is 965. The first-order chi connectivity index (χ1) is 12.8. The summed E-state index contributed by atoms with van der Waals surface area (Å²) in [7, 11) is 0. The third kappa shape index (κ3) is 4.47. The first-order valence-corrected chi connectivity index (χ1v) is 9.21. The Hall–Kier alpha value is -2.41. The number of hydrogen-bond acceptors (Lipinski definition) is 3. The average Bonchev–Trinajstić information content (AvgIpc) is 2.63. The fraction of sp³-hybridized carbons (Fsp3) is 0.250. The van der Waals surface area contributed by atoms with Crippen LogP contribution in [0.1, 0.15) is 17.7 Å². The molecule has 0 bridgehead atoms. The van der Waals surface area contributed by atoms with Crippen molar-refractivity contribution in [1.82, 2.24) is 4.57 Å². The Kier molecular flexibility index (Phi) is 5.79. The number of nitrogens with two attached hydrogens (primary N) is 1. The normalized spacial score (nSPS) is 16.7. The fourth-order valence-corrected chi connectivity index (χ4v) is 3.23. The van der Waals surface area contributed by atoms with Crippen LogP contribution in [0.2, 0.25) is 0 Å². The average molecular weight is 437 g/mol. The zero-order valence-corrected chi connectivity index (χ0v) is 16.3. The number of ether oxygens (including phenoxy) is 1. The van der Waals surface area contributed by atoms with Gasteiger partial charge in [-0.2, -0.15) is 0 Å². The summed E-state index contributed by atoms with van der Waals surface area (Å²) in [6.07, 6.45) is 1.10. The van der Waals surface area contributed by atoms with E-state index in [0.717, 1.165) is 5.56 Å². The van der Waals surface area contributed by atoms with Crippen molar-refractivity contribution in [2.45, 2.75) is 26.1 Å². The smallest absolute Gasteiger partial charge is 0.269 e. The molecule has 1 atom stereocenters. The molecule has 27 heavy (non-hydrogen) atoms. The summed E-state index contributed by atoms with van der Waals surface area (Å²) in [6, 6.07) is 9.00. The molecule has 2 N–H and O–H groups in total. The number of nitrogen functional groups attached to an aromatic ring is 1. The highest BCUT2D eigenvalue weighted by Gasteiger charge is 2.17. The summed E-state index contributed by atoms with van der Waals surface area (Å²) in [5, 5.41) is 0. The summed E-state index contributed by atoms with van der Waals surface area (Å²) >= 11 is 3.27. The summed E-state index contributed by atoms with van der Waals surface area (Å²) in [5.41, 5.74) is 8.01. The maximum Gasteiger partial charge on any atom is 0.269 e. The van der Waals surface area contributed by atoms with Gasteiger partial charge in [0.25, 0.3) is 5.56 Å². The predicted molar refractivity (Wildman–Crippen MR) is 105 cm³/mol. The highest BCUT2D eigenvalue weighted by atomic mass is 79.9. The van der Waals surface area contributed by atoms with E-state index in [1.54, 1.807) is 29.7 Å². The van der Waals surface area contributed by atoms with Gasteiger partial charge >= 0.3 is 0 Å². The molecular formula is C20H19BrF2N2O2. The first kappa shape index (κ1) is 19.4. The fourth-order valence-electron chi connectivity index (χ4n) is 2.79. The molecule has 4 nitrogen and oxygen atoms in total. The van der Waals surface area contributed by atoms with Crippen molar-refractivity contribution < 1.29 is 13.5 Å². The molecule has 1 heterocycles. The van der Waals surface area contributed by atoms with Crippen molar-refractivity contribution in [1.29, 1.82) is 0 Å². The molecule has 0 aliphatic heterocycles. The lowest BCUT2D eigenvalue weighted by atomic mass is 10.1. The largest absolute Gasteiger partial charge is 0.487 e. The van der Waals surface area contributed by atoms with Gasteiger partial charge in [-0.1, -0.05) is 18.2 Å². The zero-order chi connectivity index (χ0) is 19.6.